The maximum absolute atomic E-state index is 14.2. The maximum atomic E-state index is 14.2. The molecule has 6 rings (SSSR count). The van der Waals surface area contributed by atoms with Crippen molar-refractivity contribution in [2.24, 2.45) is 4.99 Å². The Kier molecular flexibility index (Phi) is 9.81. The van der Waals surface area contributed by atoms with Crippen molar-refractivity contribution >= 4 is 74.3 Å². The zero-order chi connectivity index (χ0) is 32.2. The second-order valence-corrected chi connectivity index (χ2v) is 13.5. The molecule has 0 N–H and O–H groups in total. The topological polar surface area (TPSA) is 93.7 Å². The van der Waals surface area contributed by atoms with Crippen LogP contribution in [-0.4, -0.2) is 17.1 Å². The van der Waals surface area contributed by atoms with Crippen LogP contribution in [0.5, 0.6) is 5.75 Å². The molecule has 46 heavy (non-hydrogen) atoms. The van der Waals surface area contributed by atoms with E-state index in [1.54, 1.807) is 17.6 Å². The second kappa shape index (κ2) is 14.1. The number of nitriles is 1. The lowest BCUT2D eigenvalue weighted by Crippen LogP contribution is -2.40. The number of carbonyl (C=O) groups is 1. The van der Waals surface area contributed by atoms with E-state index in [4.69, 9.17) is 14.5 Å². The van der Waals surface area contributed by atoms with Crippen molar-refractivity contribution in [2.45, 2.75) is 19.6 Å². The summed E-state index contributed by atoms with van der Waals surface area (Å²) in [6.45, 7) is 2.22. The van der Waals surface area contributed by atoms with Gasteiger partial charge in [0.2, 0.25) is 0 Å². The van der Waals surface area contributed by atoms with E-state index in [1.807, 2.05) is 97.1 Å². The van der Waals surface area contributed by atoms with Gasteiger partial charge in [-0.1, -0.05) is 90.2 Å². The number of carbonyl (C=O) groups excluding carboxylic acids is 1. The van der Waals surface area contributed by atoms with Gasteiger partial charge in [-0.3, -0.25) is 9.36 Å². The van der Waals surface area contributed by atoms with Crippen molar-refractivity contribution in [1.82, 2.24) is 4.57 Å². The molecule has 1 atom stereocenters. The van der Waals surface area contributed by atoms with E-state index < -0.39 is 12.0 Å². The third kappa shape index (κ3) is 6.44. The number of thiazole rings is 1. The Morgan fingerprint density at radius 3 is 2.33 bits per heavy atom. The molecule has 1 aliphatic rings. The van der Waals surface area contributed by atoms with Crippen LogP contribution in [0.25, 0.3) is 11.8 Å². The zero-order valence-corrected chi connectivity index (χ0v) is 29.6. The predicted octanol–water partition coefficient (Wildman–Crippen LogP) is 6.60. The van der Waals surface area contributed by atoms with Gasteiger partial charge in [-0.2, -0.15) is 5.26 Å². The highest BCUT2D eigenvalue weighted by Crippen LogP contribution is 2.35. The van der Waals surface area contributed by atoms with Gasteiger partial charge in [-0.15, -0.1) is 0 Å². The van der Waals surface area contributed by atoms with Crippen LogP contribution in [-0.2, 0) is 16.1 Å². The molecule has 0 spiro atoms. The molecule has 0 saturated carbocycles. The Bertz CT molecular complexity index is 2180. The summed E-state index contributed by atoms with van der Waals surface area (Å²) in [6, 6.07) is 31.8. The fourth-order valence-corrected chi connectivity index (χ4v) is 8.38. The minimum atomic E-state index is -0.721. The number of fused-ring (bicyclic) bond motifs is 1. The fraction of sp³-hybridized carbons (Fsp3) is 0.111. The lowest BCUT2D eigenvalue weighted by atomic mass is 9.93. The highest BCUT2D eigenvalue weighted by atomic mass is 127. The van der Waals surface area contributed by atoms with Gasteiger partial charge in [0.25, 0.3) is 5.56 Å². The molecule has 0 saturated heterocycles. The highest BCUT2D eigenvalue weighted by Gasteiger charge is 2.35. The highest BCUT2D eigenvalue weighted by molar-refractivity contribution is 14.1. The van der Waals surface area contributed by atoms with Gasteiger partial charge in [0.15, 0.2) is 4.80 Å². The Balaban J connectivity index is 1.46. The fourth-order valence-electron chi connectivity index (χ4n) is 5.25. The number of halogens is 2. The minimum absolute atomic E-state index is 0.193. The summed E-state index contributed by atoms with van der Waals surface area (Å²) in [4.78, 5) is 33.2. The van der Waals surface area contributed by atoms with E-state index in [0.717, 1.165) is 29.4 Å². The summed E-state index contributed by atoms with van der Waals surface area (Å²) < 4.78 is 15.5. The average Bonchev–Trinajstić information content (AvgIpc) is 3.38. The third-order valence-electron chi connectivity index (χ3n) is 7.32. The molecule has 5 aromatic rings. The molecule has 2 heterocycles. The quantitative estimate of drug-likeness (QED) is 0.130. The normalized spacial score (nSPS) is 14.3. The molecule has 1 aromatic heterocycles. The number of hydrogen-bond donors (Lipinski definition) is 0. The molecular formula is C36H25I2N3O4S. The number of ether oxygens (including phenoxy) is 2. The SMILES string of the molecule is CCOC(=O)C1=C(c2ccccc2)N=c2s/c(=C\c3cc(I)c(OCc4ccccc4C#N)c(I)c3)c(=O)n2[C@@H]1c1ccccc1. The van der Waals surface area contributed by atoms with Crippen LogP contribution in [0.4, 0.5) is 0 Å². The largest absolute Gasteiger partial charge is 0.487 e. The van der Waals surface area contributed by atoms with E-state index in [9.17, 15) is 14.9 Å². The van der Waals surface area contributed by atoms with E-state index >= 15 is 0 Å². The van der Waals surface area contributed by atoms with Gasteiger partial charge in [0.05, 0.1) is 47.2 Å². The first-order chi connectivity index (χ1) is 22.4. The first-order valence-electron chi connectivity index (χ1n) is 14.3. The molecule has 0 amide bonds. The number of benzene rings is 4. The van der Waals surface area contributed by atoms with E-state index in [2.05, 4.69) is 51.3 Å². The summed E-state index contributed by atoms with van der Waals surface area (Å²) in [6.07, 6.45) is 1.85. The number of hydrogen-bond acceptors (Lipinski definition) is 7. The number of aromatic nitrogens is 1. The minimum Gasteiger partial charge on any atom is -0.487 e. The van der Waals surface area contributed by atoms with Crippen molar-refractivity contribution in [3.63, 3.8) is 0 Å². The van der Waals surface area contributed by atoms with Crippen LogP contribution >= 0.6 is 56.5 Å². The van der Waals surface area contributed by atoms with Crippen molar-refractivity contribution in [1.29, 1.82) is 5.26 Å². The Hall–Kier alpha value is -4.06. The molecule has 0 fully saturated rings. The number of esters is 1. The monoisotopic (exact) mass is 849 g/mol. The van der Waals surface area contributed by atoms with E-state index in [1.165, 1.54) is 11.3 Å². The molecule has 0 unspecified atom stereocenters. The lowest BCUT2D eigenvalue weighted by molar-refractivity contribution is -0.138. The maximum Gasteiger partial charge on any atom is 0.338 e. The van der Waals surface area contributed by atoms with Crippen molar-refractivity contribution in [3.8, 4) is 11.8 Å². The molecule has 0 radical (unpaired) electrons. The molecule has 10 heteroatoms. The number of nitrogens with zero attached hydrogens (tertiary/aromatic N) is 3. The van der Waals surface area contributed by atoms with Crippen LogP contribution in [0.15, 0.2) is 112 Å². The van der Waals surface area contributed by atoms with E-state index in [-0.39, 0.29) is 18.8 Å². The van der Waals surface area contributed by atoms with Crippen molar-refractivity contribution < 1.29 is 14.3 Å². The first kappa shape index (κ1) is 31.9. The van der Waals surface area contributed by atoms with Gasteiger partial charge in [0, 0.05) is 11.1 Å². The van der Waals surface area contributed by atoms with Crippen LogP contribution in [0.1, 0.15) is 40.8 Å². The molecule has 228 valence electrons. The van der Waals surface area contributed by atoms with Gasteiger partial charge in [-0.05, 0) is 87.5 Å². The third-order valence-corrected chi connectivity index (χ3v) is 9.90. The summed E-state index contributed by atoms with van der Waals surface area (Å²) >= 11 is 5.74. The van der Waals surface area contributed by atoms with Crippen molar-refractivity contribution in [3.05, 3.63) is 157 Å². The summed E-state index contributed by atoms with van der Waals surface area (Å²) in [5, 5.41) is 9.43. The summed E-state index contributed by atoms with van der Waals surface area (Å²) in [5.74, 6) is 0.202. The molecular weight excluding hydrogens is 824 g/mol. The standard InChI is InChI=1S/C36H25I2N3O4S/c1-2-44-35(43)30-31(23-11-5-3-6-12-23)40-36-41(32(30)24-13-7-4-8-14-24)34(42)29(46-36)19-22-17-27(37)33(28(38)18-22)45-21-26-16-10-9-15-25(26)20-39/h3-19,32H,2,21H2,1H3/b29-19-/t32-/m1/s1. The van der Waals surface area contributed by atoms with Crippen LogP contribution < -0.4 is 19.6 Å². The van der Waals surface area contributed by atoms with Crippen LogP contribution in [0.3, 0.4) is 0 Å². The predicted molar refractivity (Wildman–Crippen MR) is 195 cm³/mol. The van der Waals surface area contributed by atoms with Gasteiger partial charge < -0.3 is 9.47 Å². The van der Waals surface area contributed by atoms with Crippen LogP contribution in [0.2, 0.25) is 0 Å². The van der Waals surface area contributed by atoms with Crippen molar-refractivity contribution in [2.75, 3.05) is 6.61 Å². The first-order valence-corrected chi connectivity index (χ1v) is 17.3. The molecule has 0 bridgehead atoms. The Morgan fingerprint density at radius 1 is 1.00 bits per heavy atom. The molecule has 0 aliphatic carbocycles. The number of rotatable bonds is 8. The zero-order valence-electron chi connectivity index (χ0n) is 24.4. The smallest absolute Gasteiger partial charge is 0.338 e. The van der Waals surface area contributed by atoms with Gasteiger partial charge in [0.1, 0.15) is 12.4 Å². The summed E-state index contributed by atoms with van der Waals surface area (Å²) in [5.41, 5.74) is 4.33. The van der Waals surface area contributed by atoms with Gasteiger partial charge >= 0.3 is 5.97 Å². The molecule has 7 nitrogen and oxygen atoms in total. The second-order valence-electron chi connectivity index (χ2n) is 10.2. The molecule has 1 aliphatic heterocycles. The lowest BCUT2D eigenvalue weighted by Gasteiger charge is -2.25. The van der Waals surface area contributed by atoms with E-state index in [0.29, 0.717) is 31.9 Å². The average molecular weight is 849 g/mol. The van der Waals surface area contributed by atoms with Crippen LogP contribution in [0, 0.1) is 18.5 Å². The Labute approximate surface area is 296 Å². The van der Waals surface area contributed by atoms with Gasteiger partial charge in [-0.25, -0.2) is 9.79 Å². The molecule has 4 aromatic carbocycles. The summed E-state index contributed by atoms with van der Waals surface area (Å²) in [7, 11) is 0. The Morgan fingerprint density at radius 2 is 1.65 bits per heavy atom.